The molecule has 3 heterocycles. The van der Waals surface area contributed by atoms with Gasteiger partial charge < -0.3 is 9.64 Å². The Kier molecular flexibility index (Phi) is 3.87. The topological polar surface area (TPSA) is 28.6 Å². The first-order valence-electron chi connectivity index (χ1n) is 9.17. The summed E-state index contributed by atoms with van der Waals surface area (Å²) < 4.78 is 6.60. The maximum atomic E-state index is 5.32. The number of rotatable bonds is 3. The molecular formula is C21H23N3OS. The van der Waals surface area contributed by atoms with Gasteiger partial charge in [-0.1, -0.05) is 35.6 Å². The Morgan fingerprint density at radius 3 is 2.62 bits per heavy atom. The third-order valence-electron chi connectivity index (χ3n) is 5.90. The van der Waals surface area contributed by atoms with Crippen molar-refractivity contribution in [2.24, 2.45) is 11.8 Å². The second kappa shape index (κ2) is 6.25. The van der Waals surface area contributed by atoms with Gasteiger partial charge in [0.2, 0.25) is 0 Å². The van der Waals surface area contributed by atoms with Crippen LogP contribution in [0.3, 0.4) is 0 Å². The van der Waals surface area contributed by atoms with Crippen molar-refractivity contribution >= 4 is 26.7 Å². The minimum atomic E-state index is 0.477. The standard InChI is InChI=1S/C21H23N3OS/c1-23-11-15-12-24(21-22-18-5-3-4-6-19(18)26-21)13-17(15)20(23)14-7-9-16(25-2)10-8-14/h3-10,15,17,20H,11-13H2,1-2H3/t15-,17+,20+/m0/s1. The molecule has 0 spiro atoms. The zero-order valence-corrected chi connectivity index (χ0v) is 15.9. The molecule has 0 aliphatic carbocycles. The van der Waals surface area contributed by atoms with Gasteiger partial charge in [0.25, 0.3) is 0 Å². The van der Waals surface area contributed by atoms with Gasteiger partial charge in [-0.2, -0.15) is 0 Å². The molecule has 3 aromatic rings. The van der Waals surface area contributed by atoms with Crippen molar-refractivity contribution in [1.82, 2.24) is 9.88 Å². The van der Waals surface area contributed by atoms with Crippen LogP contribution in [0.1, 0.15) is 11.6 Å². The smallest absolute Gasteiger partial charge is 0.186 e. The average Bonchev–Trinajstić information content (AvgIpc) is 3.33. The third-order valence-corrected chi connectivity index (χ3v) is 7.00. The number of likely N-dealkylation sites (tertiary alicyclic amines) is 1. The zero-order chi connectivity index (χ0) is 17.7. The molecule has 0 amide bonds. The van der Waals surface area contributed by atoms with E-state index in [1.807, 2.05) is 11.3 Å². The normalized spacial score (nSPS) is 25.8. The van der Waals surface area contributed by atoms with Crippen molar-refractivity contribution in [3.8, 4) is 5.75 Å². The van der Waals surface area contributed by atoms with Gasteiger partial charge in [0, 0.05) is 31.6 Å². The van der Waals surface area contributed by atoms with E-state index < -0.39 is 0 Å². The molecule has 4 nitrogen and oxygen atoms in total. The summed E-state index contributed by atoms with van der Waals surface area (Å²) in [6.07, 6.45) is 0. The number of methoxy groups -OCH3 is 1. The van der Waals surface area contributed by atoms with Crippen LogP contribution in [0.25, 0.3) is 10.2 Å². The van der Waals surface area contributed by atoms with Crippen molar-refractivity contribution in [2.75, 3.05) is 38.7 Å². The Balaban J connectivity index is 1.41. The van der Waals surface area contributed by atoms with E-state index >= 15 is 0 Å². The fraction of sp³-hybridized carbons (Fsp3) is 0.381. The molecule has 0 unspecified atom stereocenters. The van der Waals surface area contributed by atoms with Crippen molar-refractivity contribution in [3.05, 3.63) is 54.1 Å². The van der Waals surface area contributed by atoms with E-state index in [4.69, 9.17) is 9.72 Å². The summed E-state index contributed by atoms with van der Waals surface area (Å²) >= 11 is 1.82. The Morgan fingerprint density at radius 1 is 1.04 bits per heavy atom. The molecule has 1 aromatic heterocycles. The number of thiazole rings is 1. The third kappa shape index (κ3) is 2.58. The Morgan fingerprint density at radius 2 is 1.85 bits per heavy atom. The largest absolute Gasteiger partial charge is 0.497 e. The molecule has 2 aliphatic rings. The van der Waals surface area contributed by atoms with E-state index in [9.17, 15) is 0 Å². The summed E-state index contributed by atoms with van der Waals surface area (Å²) in [5, 5.41) is 1.18. The summed E-state index contributed by atoms with van der Waals surface area (Å²) in [6.45, 7) is 3.36. The summed E-state index contributed by atoms with van der Waals surface area (Å²) in [4.78, 5) is 9.90. The lowest BCUT2D eigenvalue weighted by Crippen LogP contribution is -2.28. The van der Waals surface area contributed by atoms with Crippen LogP contribution in [-0.4, -0.2) is 43.7 Å². The van der Waals surface area contributed by atoms with E-state index in [0.29, 0.717) is 17.9 Å². The van der Waals surface area contributed by atoms with E-state index in [1.165, 1.54) is 15.4 Å². The highest BCUT2D eigenvalue weighted by atomic mass is 32.1. The number of fused-ring (bicyclic) bond motifs is 2. The van der Waals surface area contributed by atoms with Crippen LogP contribution in [0.4, 0.5) is 5.13 Å². The summed E-state index contributed by atoms with van der Waals surface area (Å²) in [5.41, 5.74) is 2.51. The molecule has 2 aromatic carbocycles. The summed E-state index contributed by atoms with van der Waals surface area (Å²) in [6, 6.07) is 17.5. The summed E-state index contributed by atoms with van der Waals surface area (Å²) in [5.74, 6) is 2.29. The molecule has 5 heteroatoms. The summed E-state index contributed by atoms with van der Waals surface area (Å²) in [7, 11) is 3.98. The van der Waals surface area contributed by atoms with Crippen LogP contribution in [-0.2, 0) is 0 Å². The van der Waals surface area contributed by atoms with E-state index in [1.54, 1.807) is 7.11 Å². The SMILES string of the molecule is COc1ccc([C@@H]2[C@@H]3CN(c4nc5ccccc5s4)C[C@@H]3CN2C)cc1. The first kappa shape index (κ1) is 16.1. The van der Waals surface area contributed by atoms with Crippen LogP contribution in [0, 0.1) is 11.8 Å². The highest BCUT2D eigenvalue weighted by Crippen LogP contribution is 2.46. The van der Waals surface area contributed by atoms with Gasteiger partial charge >= 0.3 is 0 Å². The molecule has 134 valence electrons. The molecule has 2 fully saturated rings. The minimum absolute atomic E-state index is 0.477. The number of nitrogens with zero attached hydrogens (tertiary/aromatic N) is 3. The van der Waals surface area contributed by atoms with Crippen molar-refractivity contribution < 1.29 is 4.74 Å². The van der Waals surface area contributed by atoms with Crippen molar-refractivity contribution in [1.29, 1.82) is 0 Å². The minimum Gasteiger partial charge on any atom is -0.497 e. The van der Waals surface area contributed by atoms with Gasteiger partial charge in [0.05, 0.1) is 17.3 Å². The lowest BCUT2D eigenvalue weighted by Gasteiger charge is -2.26. The number of benzene rings is 2. The lowest BCUT2D eigenvalue weighted by atomic mass is 9.89. The number of hydrogen-bond donors (Lipinski definition) is 0. The molecule has 3 atom stereocenters. The Bertz CT molecular complexity index is 889. The number of ether oxygens (including phenoxy) is 1. The van der Waals surface area contributed by atoms with Gasteiger partial charge in [0.15, 0.2) is 5.13 Å². The fourth-order valence-corrected chi connectivity index (χ4v) is 5.70. The molecular weight excluding hydrogens is 342 g/mol. The second-order valence-electron chi connectivity index (χ2n) is 7.45. The molecule has 5 rings (SSSR count). The molecule has 0 bridgehead atoms. The number of anilines is 1. The van der Waals surface area contributed by atoms with Crippen LogP contribution < -0.4 is 9.64 Å². The van der Waals surface area contributed by atoms with E-state index in [0.717, 1.165) is 30.9 Å². The predicted octanol–water partition coefficient (Wildman–Crippen LogP) is 4.04. The second-order valence-corrected chi connectivity index (χ2v) is 8.46. The van der Waals surface area contributed by atoms with Crippen molar-refractivity contribution in [3.63, 3.8) is 0 Å². The monoisotopic (exact) mass is 365 g/mol. The first-order valence-corrected chi connectivity index (χ1v) is 9.99. The maximum absolute atomic E-state index is 5.32. The Labute approximate surface area is 158 Å². The first-order chi connectivity index (χ1) is 12.7. The quantitative estimate of drug-likeness (QED) is 0.700. The molecule has 2 aliphatic heterocycles. The highest BCUT2D eigenvalue weighted by molar-refractivity contribution is 7.22. The molecule has 0 N–H and O–H groups in total. The van der Waals surface area contributed by atoms with Gasteiger partial charge in [-0.25, -0.2) is 4.98 Å². The van der Waals surface area contributed by atoms with Crippen LogP contribution in [0.15, 0.2) is 48.5 Å². The fourth-order valence-electron chi connectivity index (χ4n) is 4.71. The highest BCUT2D eigenvalue weighted by Gasteiger charge is 2.46. The zero-order valence-electron chi connectivity index (χ0n) is 15.1. The predicted molar refractivity (Wildman–Crippen MR) is 107 cm³/mol. The van der Waals surface area contributed by atoms with Crippen LogP contribution in [0.2, 0.25) is 0 Å². The van der Waals surface area contributed by atoms with Crippen molar-refractivity contribution in [2.45, 2.75) is 6.04 Å². The molecule has 0 radical (unpaired) electrons. The molecule has 26 heavy (non-hydrogen) atoms. The van der Waals surface area contributed by atoms with E-state index in [-0.39, 0.29) is 0 Å². The van der Waals surface area contributed by atoms with Gasteiger partial charge in [-0.3, -0.25) is 4.90 Å². The van der Waals surface area contributed by atoms with Crippen LogP contribution in [0.5, 0.6) is 5.75 Å². The van der Waals surface area contributed by atoms with Crippen LogP contribution >= 0.6 is 11.3 Å². The molecule has 2 saturated heterocycles. The molecule has 0 saturated carbocycles. The number of para-hydroxylation sites is 1. The average molecular weight is 366 g/mol. The van der Waals surface area contributed by atoms with E-state index in [2.05, 4.69) is 65.4 Å². The number of aromatic nitrogens is 1. The van der Waals surface area contributed by atoms with Gasteiger partial charge in [0.1, 0.15) is 5.75 Å². The van der Waals surface area contributed by atoms with Gasteiger partial charge in [-0.05, 0) is 42.8 Å². The lowest BCUT2D eigenvalue weighted by molar-refractivity contribution is 0.279. The number of hydrogen-bond acceptors (Lipinski definition) is 5. The maximum Gasteiger partial charge on any atom is 0.186 e. The Hall–Kier alpha value is -2.11. The van der Waals surface area contributed by atoms with Gasteiger partial charge in [-0.15, -0.1) is 0 Å².